The third kappa shape index (κ3) is 3.13. The standard InChI is InChI=1S/C16H20N4O3/c1-12(20-11-17-10-18-20)16(21)19-7-4-8-23-15-13(9-19)5-3-6-14(15)22-2/h3,5-6,10-12H,4,7-9H2,1-2H3. The summed E-state index contributed by atoms with van der Waals surface area (Å²) >= 11 is 0. The van der Waals surface area contributed by atoms with E-state index in [0.717, 1.165) is 17.7 Å². The van der Waals surface area contributed by atoms with Crippen molar-refractivity contribution in [3.05, 3.63) is 36.4 Å². The van der Waals surface area contributed by atoms with E-state index in [0.29, 0.717) is 25.4 Å². The molecule has 1 aliphatic rings. The molecule has 1 amide bonds. The molecule has 0 aliphatic carbocycles. The van der Waals surface area contributed by atoms with Crippen molar-refractivity contribution in [3.63, 3.8) is 0 Å². The predicted octanol–water partition coefficient (Wildman–Crippen LogP) is 1.66. The van der Waals surface area contributed by atoms with Crippen LogP contribution in [0.2, 0.25) is 0 Å². The van der Waals surface area contributed by atoms with E-state index < -0.39 is 0 Å². The molecule has 1 aliphatic heterocycles. The third-order valence-corrected chi connectivity index (χ3v) is 3.96. The molecule has 7 heteroatoms. The highest BCUT2D eigenvalue weighted by Gasteiger charge is 2.25. The zero-order valence-electron chi connectivity index (χ0n) is 13.3. The first kappa shape index (κ1) is 15.3. The first-order valence-corrected chi connectivity index (χ1v) is 7.62. The van der Waals surface area contributed by atoms with Crippen LogP contribution in [0, 0.1) is 0 Å². The lowest BCUT2D eigenvalue weighted by Crippen LogP contribution is -2.38. The predicted molar refractivity (Wildman–Crippen MR) is 83.3 cm³/mol. The van der Waals surface area contributed by atoms with E-state index in [-0.39, 0.29) is 11.9 Å². The number of hydrogen-bond acceptors (Lipinski definition) is 5. The highest BCUT2D eigenvalue weighted by Crippen LogP contribution is 2.33. The minimum Gasteiger partial charge on any atom is -0.493 e. The number of rotatable bonds is 3. The SMILES string of the molecule is COc1cccc2c1OCCCN(C(=O)C(C)n1cncn1)C2. The van der Waals surface area contributed by atoms with Gasteiger partial charge < -0.3 is 14.4 Å². The Morgan fingerprint density at radius 1 is 1.43 bits per heavy atom. The fourth-order valence-corrected chi connectivity index (χ4v) is 2.71. The summed E-state index contributed by atoms with van der Waals surface area (Å²) < 4.78 is 12.8. The number of carbonyl (C=O) groups excluding carboxylic acids is 1. The summed E-state index contributed by atoms with van der Waals surface area (Å²) in [5.74, 6) is 1.44. The third-order valence-electron chi connectivity index (χ3n) is 3.96. The second-order valence-electron chi connectivity index (χ2n) is 5.46. The lowest BCUT2D eigenvalue weighted by molar-refractivity contribution is -0.135. The van der Waals surface area contributed by atoms with E-state index in [4.69, 9.17) is 9.47 Å². The molecule has 1 aromatic heterocycles. The molecule has 0 bridgehead atoms. The molecular weight excluding hydrogens is 296 g/mol. The van der Waals surface area contributed by atoms with Crippen molar-refractivity contribution in [1.29, 1.82) is 0 Å². The smallest absolute Gasteiger partial charge is 0.247 e. The fourth-order valence-electron chi connectivity index (χ4n) is 2.71. The molecule has 23 heavy (non-hydrogen) atoms. The maximum Gasteiger partial charge on any atom is 0.247 e. The number of nitrogens with zero attached hydrogens (tertiary/aromatic N) is 4. The van der Waals surface area contributed by atoms with Gasteiger partial charge in [0.2, 0.25) is 5.91 Å². The maximum atomic E-state index is 12.8. The molecule has 1 atom stereocenters. The van der Waals surface area contributed by atoms with Crippen molar-refractivity contribution < 1.29 is 14.3 Å². The highest BCUT2D eigenvalue weighted by molar-refractivity contribution is 5.80. The maximum absolute atomic E-state index is 12.8. The molecule has 0 spiro atoms. The monoisotopic (exact) mass is 316 g/mol. The van der Waals surface area contributed by atoms with Crippen LogP contribution in [-0.2, 0) is 11.3 Å². The topological polar surface area (TPSA) is 69.5 Å². The highest BCUT2D eigenvalue weighted by atomic mass is 16.5. The van der Waals surface area contributed by atoms with Crippen molar-refractivity contribution in [2.45, 2.75) is 25.9 Å². The summed E-state index contributed by atoms with van der Waals surface area (Å²) in [5.41, 5.74) is 0.947. The molecule has 0 saturated carbocycles. The molecule has 122 valence electrons. The largest absolute Gasteiger partial charge is 0.493 e. The number of amides is 1. The number of benzene rings is 1. The van der Waals surface area contributed by atoms with Gasteiger partial charge in [-0.2, -0.15) is 5.10 Å². The number of methoxy groups -OCH3 is 1. The molecule has 1 aromatic carbocycles. The Labute approximate surface area is 134 Å². The number of hydrogen-bond donors (Lipinski definition) is 0. The number of para-hydroxylation sites is 1. The summed E-state index contributed by atoms with van der Waals surface area (Å²) in [4.78, 5) is 18.5. The Hall–Kier alpha value is -2.57. The van der Waals surface area contributed by atoms with E-state index in [9.17, 15) is 4.79 Å². The van der Waals surface area contributed by atoms with Crippen LogP contribution in [0.15, 0.2) is 30.9 Å². The summed E-state index contributed by atoms with van der Waals surface area (Å²) in [6.45, 7) is 3.52. The molecule has 0 fully saturated rings. The van der Waals surface area contributed by atoms with Gasteiger partial charge in [0.15, 0.2) is 11.5 Å². The molecule has 2 aromatic rings. The van der Waals surface area contributed by atoms with Crippen LogP contribution in [0.5, 0.6) is 11.5 Å². The van der Waals surface area contributed by atoms with Crippen LogP contribution in [0.4, 0.5) is 0 Å². The van der Waals surface area contributed by atoms with E-state index in [1.165, 1.54) is 6.33 Å². The van der Waals surface area contributed by atoms with Crippen LogP contribution in [0.1, 0.15) is 24.9 Å². The van der Waals surface area contributed by atoms with Crippen molar-refractivity contribution in [2.24, 2.45) is 0 Å². The Kier molecular flexibility index (Phi) is 4.45. The van der Waals surface area contributed by atoms with Gasteiger partial charge in [0.1, 0.15) is 18.7 Å². The van der Waals surface area contributed by atoms with Gasteiger partial charge in [-0.25, -0.2) is 9.67 Å². The molecular formula is C16H20N4O3. The van der Waals surface area contributed by atoms with Crippen LogP contribution in [0.3, 0.4) is 0 Å². The zero-order chi connectivity index (χ0) is 16.2. The van der Waals surface area contributed by atoms with Gasteiger partial charge in [-0.1, -0.05) is 12.1 Å². The van der Waals surface area contributed by atoms with Crippen molar-refractivity contribution >= 4 is 5.91 Å². The molecule has 1 unspecified atom stereocenters. The number of fused-ring (bicyclic) bond motifs is 1. The Morgan fingerprint density at radius 2 is 2.30 bits per heavy atom. The van der Waals surface area contributed by atoms with Crippen molar-refractivity contribution in [1.82, 2.24) is 19.7 Å². The fraction of sp³-hybridized carbons (Fsp3) is 0.438. The summed E-state index contributed by atoms with van der Waals surface area (Å²) in [5, 5.41) is 4.06. The summed E-state index contributed by atoms with van der Waals surface area (Å²) in [6.07, 6.45) is 3.77. The number of aromatic nitrogens is 3. The first-order chi connectivity index (χ1) is 11.2. The minimum absolute atomic E-state index is 0.0196. The Bertz CT molecular complexity index is 672. The molecule has 7 nitrogen and oxygen atoms in total. The Morgan fingerprint density at radius 3 is 3.04 bits per heavy atom. The van der Waals surface area contributed by atoms with Crippen LogP contribution in [0.25, 0.3) is 0 Å². The zero-order valence-corrected chi connectivity index (χ0v) is 13.3. The lowest BCUT2D eigenvalue weighted by atomic mass is 10.1. The van der Waals surface area contributed by atoms with Crippen molar-refractivity contribution in [3.8, 4) is 11.5 Å². The van der Waals surface area contributed by atoms with E-state index in [1.54, 1.807) is 18.1 Å². The van der Waals surface area contributed by atoms with Gasteiger partial charge in [0.25, 0.3) is 0 Å². The lowest BCUT2D eigenvalue weighted by Gasteiger charge is -2.29. The average Bonchev–Trinajstić information content (AvgIpc) is 3.08. The quantitative estimate of drug-likeness (QED) is 0.861. The Balaban J connectivity index is 1.84. The second-order valence-corrected chi connectivity index (χ2v) is 5.46. The average molecular weight is 316 g/mol. The first-order valence-electron chi connectivity index (χ1n) is 7.62. The van der Waals surface area contributed by atoms with Gasteiger partial charge in [0, 0.05) is 18.7 Å². The normalized spacial score (nSPS) is 15.8. The molecule has 3 rings (SSSR count). The van der Waals surface area contributed by atoms with Crippen molar-refractivity contribution in [2.75, 3.05) is 20.3 Å². The number of carbonyl (C=O) groups is 1. The summed E-state index contributed by atoms with van der Waals surface area (Å²) in [6, 6.07) is 5.35. The second kappa shape index (κ2) is 6.68. The molecule has 0 N–H and O–H groups in total. The van der Waals surface area contributed by atoms with Gasteiger partial charge in [-0.15, -0.1) is 0 Å². The van der Waals surface area contributed by atoms with Gasteiger partial charge in [0.05, 0.1) is 13.7 Å². The minimum atomic E-state index is -0.382. The van der Waals surface area contributed by atoms with E-state index >= 15 is 0 Å². The van der Waals surface area contributed by atoms with Gasteiger partial charge in [-0.05, 0) is 19.4 Å². The van der Waals surface area contributed by atoms with E-state index in [2.05, 4.69) is 10.1 Å². The van der Waals surface area contributed by atoms with Crippen LogP contribution >= 0.6 is 0 Å². The molecule has 0 radical (unpaired) electrons. The van der Waals surface area contributed by atoms with Gasteiger partial charge >= 0.3 is 0 Å². The number of ether oxygens (including phenoxy) is 2. The molecule has 2 heterocycles. The van der Waals surface area contributed by atoms with E-state index in [1.807, 2.05) is 30.0 Å². The summed E-state index contributed by atoms with van der Waals surface area (Å²) in [7, 11) is 1.62. The van der Waals surface area contributed by atoms with Crippen LogP contribution in [-0.4, -0.2) is 45.8 Å². The van der Waals surface area contributed by atoms with Crippen LogP contribution < -0.4 is 9.47 Å². The van der Waals surface area contributed by atoms with Gasteiger partial charge in [-0.3, -0.25) is 4.79 Å². The molecule has 0 saturated heterocycles.